The summed E-state index contributed by atoms with van der Waals surface area (Å²) in [4.78, 5) is 16.4. The van der Waals surface area contributed by atoms with Gasteiger partial charge in [-0.25, -0.2) is 0 Å². The number of para-hydroxylation sites is 1. The van der Waals surface area contributed by atoms with Crippen LogP contribution < -0.4 is 20.1 Å². The van der Waals surface area contributed by atoms with Gasteiger partial charge in [-0.05, 0) is 36.8 Å². The molecule has 0 bridgehead atoms. The average Bonchev–Trinajstić information content (AvgIpc) is 2.74. The Morgan fingerprint density at radius 2 is 1.97 bits per heavy atom. The number of hydrogen-bond acceptors (Lipinski definition) is 5. The standard InChI is InChI=1S/C22H24ClN3O3/c1-28-19-9-8-17(23)15-18(19)24-13-10-21(27)25-12-4-14-29-20-7-2-5-16-6-3-11-26-22(16)20/h2-3,5-9,11,15,24H,4,10,12-14H2,1H3,(H,25,27). The van der Waals surface area contributed by atoms with Crippen LogP contribution in [0.25, 0.3) is 10.9 Å². The Morgan fingerprint density at radius 3 is 2.83 bits per heavy atom. The number of fused-ring (bicyclic) bond motifs is 1. The number of amides is 1. The Kier molecular flexibility index (Phi) is 7.53. The quantitative estimate of drug-likeness (QED) is 0.485. The van der Waals surface area contributed by atoms with Crippen LogP contribution in [-0.4, -0.2) is 37.7 Å². The molecular weight excluding hydrogens is 390 g/mol. The Hall–Kier alpha value is -2.99. The summed E-state index contributed by atoms with van der Waals surface area (Å²) >= 11 is 6.00. The number of methoxy groups -OCH3 is 1. The molecule has 0 aliphatic heterocycles. The zero-order chi connectivity index (χ0) is 20.5. The number of anilines is 1. The molecule has 1 aromatic heterocycles. The molecule has 2 aromatic carbocycles. The second-order valence-corrected chi connectivity index (χ2v) is 6.84. The summed E-state index contributed by atoms with van der Waals surface area (Å²) in [6.07, 6.45) is 2.82. The third-order valence-corrected chi connectivity index (χ3v) is 4.56. The second-order valence-electron chi connectivity index (χ2n) is 6.40. The second kappa shape index (κ2) is 10.5. The van der Waals surface area contributed by atoms with Crippen LogP contribution in [0, 0.1) is 0 Å². The maximum atomic E-state index is 12.0. The number of ether oxygens (including phenoxy) is 2. The fraction of sp³-hybridized carbons (Fsp3) is 0.273. The van der Waals surface area contributed by atoms with Crippen molar-refractivity contribution in [1.82, 2.24) is 10.3 Å². The molecule has 0 aliphatic rings. The SMILES string of the molecule is COc1ccc(Cl)cc1NCCC(=O)NCCCOc1cccc2cccnc12. The van der Waals surface area contributed by atoms with Crippen LogP contribution in [0.3, 0.4) is 0 Å². The van der Waals surface area contributed by atoms with Gasteiger partial charge in [0.1, 0.15) is 17.0 Å². The van der Waals surface area contributed by atoms with E-state index in [0.29, 0.717) is 43.3 Å². The molecule has 1 heterocycles. The van der Waals surface area contributed by atoms with E-state index in [9.17, 15) is 4.79 Å². The minimum Gasteiger partial charge on any atom is -0.495 e. The van der Waals surface area contributed by atoms with Gasteiger partial charge in [0.05, 0.1) is 19.4 Å². The van der Waals surface area contributed by atoms with Crippen molar-refractivity contribution >= 4 is 34.1 Å². The van der Waals surface area contributed by atoms with Crippen LogP contribution >= 0.6 is 11.6 Å². The minimum atomic E-state index is -0.0228. The normalized spacial score (nSPS) is 10.6. The fourth-order valence-corrected chi connectivity index (χ4v) is 3.06. The van der Waals surface area contributed by atoms with Crippen molar-refractivity contribution in [1.29, 1.82) is 0 Å². The molecule has 0 atom stereocenters. The Balaban J connectivity index is 1.35. The molecule has 0 radical (unpaired) electrons. The van der Waals surface area contributed by atoms with E-state index in [-0.39, 0.29) is 5.91 Å². The van der Waals surface area contributed by atoms with Gasteiger partial charge in [-0.3, -0.25) is 9.78 Å². The summed E-state index contributed by atoms with van der Waals surface area (Å²) in [7, 11) is 1.59. The van der Waals surface area contributed by atoms with E-state index in [1.807, 2.05) is 30.3 Å². The molecule has 0 unspecified atom stereocenters. The smallest absolute Gasteiger partial charge is 0.221 e. The zero-order valence-electron chi connectivity index (χ0n) is 16.3. The van der Waals surface area contributed by atoms with Crippen LogP contribution in [0.2, 0.25) is 5.02 Å². The van der Waals surface area contributed by atoms with Gasteiger partial charge in [-0.15, -0.1) is 0 Å². The number of benzene rings is 2. The number of nitrogens with zero attached hydrogens (tertiary/aromatic N) is 1. The van der Waals surface area contributed by atoms with Crippen LogP contribution in [0.5, 0.6) is 11.5 Å². The Morgan fingerprint density at radius 1 is 1.10 bits per heavy atom. The summed E-state index contributed by atoms with van der Waals surface area (Å²) in [5.74, 6) is 1.43. The zero-order valence-corrected chi connectivity index (χ0v) is 17.0. The molecule has 7 heteroatoms. The third kappa shape index (κ3) is 5.99. The van der Waals surface area contributed by atoms with Gasteiger partial charge in [0.2, 0.25) is 5.91 Å². The first-order valence-corrected chi connectivity index (χ1v) is 9.86. The van der Waals surface area contributed by atoms with Crippen LogP contribution in [0.1, 0.15) is 12.8 Å². The van der Waals surface area contributed by atoms with E-state index in [2.05, 4.69) is 15.6 Å². The Labute approximate surface area is 175 Å². The highest BCUT2D eigenvalue weighted by molar-refractivity contribution is 6.30. The number of nitrogens with one attached hydrogen (secondary N) is 2. The van der Waals surface area contributed by atoms with E-state index >= 15 is 0 Å². The molecule has 0 fully saturated rings. The van der Waals surface area contributed by atoms with Crippen molar-refractivity contribution in [3.8, 4) is 11.5 Å². The molecule has 0 spiro atoms. The van der Waals surface area contributed by atoms with Crippen molar-refractivity contribution < 1.29 is 14.3 Å². The fourth-order valence-electron chi connectivity index (χ4n) is 2.89. The number of hydrogen-bond donors (Lipinski definition) is 2. The molecule has 3 rings (SSSR count). The van der Waals surface area contributed by atoms with Crippen molar-refractivity contribution in [2.75, 3.05) is 32.1 Å². The highest BCUT2D eigenvalue weighted by Crippen LogP contribution is 2.27. The van der Waals surface area contributed by atoms with Crippen molar-refractivity contribution in [2.24, 2.45) is 0 Å². The first kappa shape index (κ1) is 20.7. The molecule has 29 heavy (non-hydrogen) atoms. The predicted molar refractivity (Wildman–Crippen MR) is 116 cm³/mol. The molecular formula is C22H24ClN3O3. The Bertz CT molecular complexity index is 960. The molecule has 0 aliphatic carbocycles. The summed E-state index contributed by atoms with van der Waals surface area (Å²) in [5.41, 5.74) is 1.62. The lowest BCUT2D eigenvalue weighted by Gasteiger charge is -2.12. The largest absolute Gasteiger partial charge is 0.495 e. The van der Waals surface area contributed by atoms with Gasteiger partial charge < -0.3 is 20.1 Å². The maximum absolute atomic E-state index is 12.0. The number of rotatable bonds is 10. The first-order valence-electron chi connectivity index (χ1n) is 9.48. The number of carbonyl (C=O) groups is 1. The van der Waals surface area contributed by atoms with E-state index in [0.717, 1.165) is 22.3 Å². The van der Waals surface area contributed by atoms with Gasteiger partial charge in [-0.1, -0.05) is 29.8 Å². The van der Waals surface area contributed by atoms with Gasteiger partial charge in [-0.2, -0.15) is 0 Å². The monoisotopic (exact) mass is 413 g/mol. The molecule has 2 N–H and O–H groups in total. The summed E-state index contributed by atoms with van der Waals surface area (Å²) in [6, 6.07) is 15.1. The lowest BCUT2D eigenvalue weighted by Crippen LogP contribution is -2.27. The maximum Gasteiger partial charge on any atom is 0.221 e. The molecule has 0 saturated heterocycles. The van der Waals surface area contributed by atoms with E-state index in [4.69, 9.17) is 21.1 Å². The average molecular weight is 414 g/mol. The van der Waals surface area contributed by atoms with Crippen LogP contribution in [0.15, 0.2) is 54.7 Å². The number of halogens is 1. The lowest BCUT2D eigenvalue weighted by atomic mass is 10.2. The van der Waals surface area contributed by atoms with Crippen molar-refractivity contribution in [3.05, 3.63) is 59.8 Å². The lowest BCUT2D eigenvalue weighted by molar-refractivity contribution is -0.120. The first-order chi connectivity index (χ1) is 14.2. The number of pyridine rings is 1. The summed E-state index contributed by atoms with van der Waals surface area (Å²) in [5, 5.41) is 7.73. The molecule has 3 aromatic rings. The van der Waals surface area contributed by atoms with Gasteiger partial charge in [0, 0.05) is 36.1 Å². The molecule has 1 amide bonds. The van der Waals surface area contributed by atoms with Crippen molar-refractivity contribution in [2.45, 2.75) is 12.8 Å². The van der Waals surface area contributed by atoms with Gasteiger partial charge >= 0.3 is 0 Å². The molecule has 152 valence electrons. The van der Waals surface area contributed by atoms with Gasteiger partial charge in [0.15, 0.2) is 0 Å². The van der Waals surface area contributed by atoms with Crippen molar-refractivity contribution in [3.63, 3.8) is 0 Å². The predicted octanol–water partition coefficient (Wildman–Crippen LogP) is 4.28. The minimum absolute atomic E-state index is 0.0228. The molecule has 6 nitrogen and oxygen atoms in total. The van der Waals surface area contributed by atoms with Crippen LogP contribution in [-0.2, 0) is 4.79 Å². The van der Waals surface area contributed by atoms with Crippen LogP contribution in [0.4, 0.5) is 5.69 Å². The summed E-state index contributed by atoms with van der Waals surface area (Å²) < 4.78 is 11.1. The number of aromatic nitrogens is 1. The topological polar surface area (TPSA) is 72.5 Å². The van der Waals surface area contributed by atoms with E-state index in [1.165, 1.54) is 0 Å². The van der Waals surface area contributed by atoms with E-state index in [1.54, 1.807) is 31.5 Å². The highest BCUT2D eigenvalue weighted by atomic mass is 35.5. The molecule has 0 saturated carbocycles. The van der Waals surface area contributed by atoms with E-state index < -0.39 is 0 Å². The number of carbonyl (C=O) groups excluding carboxylic acids is 1. The van der Waals surface area contributed by atoms with Gasteiger partial charge in [0.25, 0.3) is 0 Å². The highest BCUT2D eigenvalue weighted by Gasteiger charge is 2.06. The third-order valence-electron chi connectivity index (χ3n) is 4.33. The summed E-state index contributed by atoms with van der Waals surface area (Å²) in [6.45, 7) is 1.55.